The van der Waals surface area contributed by atoms with E-state index in [1.165, 1.54) is 11.6 Å². The van der Waals surface area contributed by atoms with Crippen LogP contribution in [0.1, 0.15) is 5.56 Å². The van der Waals surface area contributed by atoms with Gasteiger partial charge < -0.3 is 4.74 Å². The summed E-state index contributed by atoms with van der Waals surface area (Å²) in [7, 11) is 0.767. The van der Waals surface area contributed by atoms with Crippen molar-refractivity contribution in [3.63, 3.8) is 0 Å². The average Bonchev–Trinajstić information content (AvgIpc) is 2.14. The minimum Gasteiger partial charge on any atom is -0.496 e. The van der Waals surface area contributed by atoms with E-state index in [4.69, 9.17) is 4.74 Å². The Kier molecular flexibility index (Phi) is 3.75. The van der Waals surface area contributed by atoms with Gasteiger partial charge in [0.15, 0.2) is 0 Å². The summed E-state index contributed by atoms with van der Waals surface area (Å²) in [6.45, 7) is 7.18. The zero-order valence-electron chi connectivity index (χ0n) is 9.55. The fourth-order valence-corrected chi connectivity index (χ4v) is 2.37. The first kappa shape index (κ1) is 11.3. The molecule has 0 fully saturated rings. The van der Waals surface area contributed by atoms with Crippen LogP contribution in [0.3, 0.4) is 0 Å². The third-order valence-corrected chi connectivity index (χ3v) is 4.00. The summed E-state index contributed by atoms with van der Waals surface area (Å²) in [5, 5.41) is 0. The lowest BCUT2D eigenvalue weighted by Gasteiger charge is -2.16. The first-order valence-electron chi connectivity index (χ1n) is 5.06. The molecule has 0 atom stereocenters. The van der Waals surface area contributed by atoms with Gasteiger partial charge in [-0.2, -0.15) is 0 Å². The Bertz CT molecular complexity index is 289. The normalized spacial score (nSPS) is 11.4. The van der Waals surface area contributed by atoms with Crippen LogP contribution in [0.2, 0.25) is 25.7 Å². The number of para-hydroxylation sites is 1. The van der Waals surface area contributed by atoms with Crippen LogP contribution in [-0.2, 0) is 6.42 Å². The highest BCUT2D eigenvalue weighted by molar-refractivity contribution is 6.76. The number of hydrogen-bond donors (Lipinski definition) is 0. The van der Waals surface area contributed by atoms with Crippen LogP contribution in [0, 0.1) is 6.07 Å². The first-order chi connectivity index (χ1) is 6.53. The molecule has 1 rings (SSSR count). The summed E-state index contributed by atoms with van der Waals surface area (Å²) < 4.78 is 5.27. The zero-order chi connectivity index (χ0) is 10.6. The molecule has 0 aliphatic heterocycles. The highest BCUT2D eigenvalue weighted by Crippen LogP contribution is 2.21. The van der Waals surface area contributed by atoms with Gasteiger partial charge >= 0.3 is 0 Å². The lowest BCUT2D eigenvalue weighted by molar-refractivity contribution is 0.409. The molecule has 0 bridgehead atoms. The largest absolute Gasteiger partial charge is 0.496 e. The molecule has 0 amide bonds. The van der Waals surface area contributed by atoms with Gasteiger partial charge in [0.2, 0.25) is 0 Å². The van der Waals surface area contributed by atoms with Gasteiger partial charge in [-0.15, -0.1) is 0 Å². The second-order valence-electron chi connectivity index (χ2n) is 4.79. The third kappa shape index (κ3) is 3.54. The Labute approximate surface area is 88.1 Å². The minimum absolute atomic E-state index is 0.908. The van der Waals surface area contributed by atoms with Gasteiger partial charge in [-0.25, -0.2) is 0 Å². The SMILES string of the molecule is COc1[c]cccc1CC[Si](C)(C)C. The molecule has 0 aliphatic carbocycles. The van der Waals surface area contributed by atoms with Crippen molar-refractivity contribution in [1.29, 1.82) is 0 Å². The Morgan fingerprint density at radius 1 is 1.36 bits per heavy atom. The third-order valence-electron chi connectivity index (χ3n) is 2.25. The molecule has 1 aromatic rings. The summed E-state index contributed by atoms with van der Waals surface area (Å²) in [6, 6.07) is 10.5. The second kappa shape index (κ2) is 4.65. The van der Waals surface area contributed by atoms with Gasteiger partial charge in [0.25, 0.3) is 0 Å². The van der Waals surface area contributed by atoms with Crippen molar-refractivity contribution < 1.29 is 4.74 Å². The van der Waals surface area contributed by atoms with Crippen LogP contribution < -0.4 is 4.74 Å². The van der Waals surface area contributed by atoms with E-state index >= 15 is 0 Å². The topological polar surface area (TPSA) is 9.23 Å². The van der Waals surface area contributed by atoms with Crippen LogP contribution >= 0.6 is 0 Å². The molecule has 0 saturated carbocycles. The molecule has 0 unspecified atom stereocenters. The maximum absolute atomic E-state index is 5.27. The number of hydrogen-bond acceptors (Lipinski definition) is 1. The molecular formula is C12H19OSi. The van der Waals surface area contributed by atoms with Crippen LogP contribution in [0.4, 0.5) is 0 Å². The van der Waals surface area contributed by atoms with E-state index in [9.17, 15) is 0 Å². The van der Waals surface area contributed by atoms with E-state index in [0.29, 0.717) is 0 Å². The van der Waals surface area contributed by atoms with Gasteiger partial charge in [0.05, 0.1) is 7.11 Å². The van der Waals surface area contributed by atoms with E-state index in [-0.39, 0.29) is 0 Å². The molecule has 2 heteroatoms. The average molecular weight is 207 g/mol. The van der Waals surface area contributed by atoms with Crippen molar-refractivity contribution in [2.24, 2.45) is 0 Å². The molecule has 0 aliphatic rings. The van der Waals surface area contributed by atoms with Crippen LogP contribution in [0.25, 0.3) is 0 Å². The van der Waals surface area contributed by atoms with E-state index in [0.717, 1.165) is 12.2 Å². The van der Waals surface area contributed by atoms with Crippen molar-refractivity contribution >= 4 is 8.07 Å². The van der Waals surface area contributed by atoms with Crippen molar-refractivity contribution in [3.05, 3.63) is 29.8 Å². The van der Waals surface area contributed by atoms with Gasteiger partial charge in [-0.3, -0.25) is 0 Å². The Balaban J connectivity index is 2.67. The van der Waals surface area contributed by atoms with Crippen LogP contribution in [0.5, 0.6) is 5.75 Å². The summed E-state index contributed by atoms with van der Waals surface area (Å²) in [5.41, 5.74) is 1.29. The fourth-order valence-electron chi connectivity index (χ4n) is 1.35. The molecule has 14 heavy (non-hydrogen) atoms. The van der Waals surface area contributed by atoms with Gasteiger partial charge in [0.1, 0.15) is 5.75 Å². The molecule has 1 radical (unpaired) electrons. The van der Waals surface area contributed by atoms with Gasteiger partial charge in [-0.1, -0.05) is 43.9 Å². The van der Waals surface area contributed by atoms with E-state index in [1.54, 1.807) is 7.11 Å². The summed E-state index contributed by atoms with van der Waals surface area (Å²) in [6.07, 6.45) is 1.12. The fraction of sp³-hybridized carbons (Fsp3) is 0.500. The smallest absolute Gasteiger partial charge is 0.129 e. The molecule has 1 aromatic carbocycles. The molecule has 0 spiro atoms. The summed E-state index contributed by atoms with van der Waals surface area (Å²) >= 11 is 0. The maximum Gasteiger partial charge on any atom is 0.129 e. The first-order valence-corrected chi connectivity index (χ1v) is 8.77. The van der Waals surface area contributed by atoms with E-state index in [1.807, 2.05) is 12.1 Å². The minimum atomic E-state index is -0.945. The molecule has 0 saturated heterocycles. The summed E-state index contributed by atoms with van der Waals surface area (Å²) in [5.74, 6) is 0.908. The van der Waals surface area contributed by atoms with E-state index in [2.05, 4.69) is 31.8 Å². The molecule has 0 N–H and O–H groups in total. The molecule has 0 aromatic heterocycles. The van der Waals surface area contributed by atoms with Gasteiger partial charge in [-0.05, 0) is 12.0 Å². The Morgan fingerprint density at radius 2 is 2.07 bits per heavy atom. The van der Waals surface area contributed by atoms with E-state index < -0.39 is 8.07 Å². The maximum atomic E-state index is 5.27. The predicted molar refractivity (Wildman–Crippen MR) is 63.7 cm³/mol. The van der Waals surface area contributed by atoms with Crippen molar-refractivity contribution in [2.45, 2.75) is 32.1 Å². The number of ether oxygens (including phenoxy) is 1. The zero-order valence-corrected chi connectivity index (χ0v) is 10.6. The van der Waals surface area contributed by atoms with Gasteiger partial charge in [0, 0.05) is 14.1 Å². The second-order valence-corrected chi connectivity index (χ2v) is 10.4. The lowest BCUT2D eigenvalue weighted by Crippen LogP contribution is -2.20. The number of aryl methyl sites for hydroxylation is 1. The highest BCUT2D eigenvalue weighted by Gasteiger charge is 2.13. The number of benzene rings is 1. The van der Waals surface area contributed by atoms with Crippen LogP contribution in [-0.4, -0.2) is 15.2 Å². The lowest BCUT2D eigenvalue weighted by atomic mass is 10.1. The quantitative estimate of drug-likeness (QED) is 0.688. The summed E-state index contributed by atoms with van der Waals surface area (Å²) in [4.78, 5) is 0. The van der Waals surface area contributed by atoms with Crippen LogP contribution in [0.15, 0.2) is 18.2 Å². The number of methoxy groups -OCH3 is 1. The van der Waals surface area contributed by atoms with Crippen molar-refractivity contribution in [1.82, 2.24) is 0 Å². The molecular weight excluding hydrogens is 188 g/mol. The van der Waals surface area contributed by atoms with Crippen molar-refractivity contribution in [3.8, 4) is 5.75 Å². The Hall–Kier alpha value is -0.763. The van der Waals surface area contributed by atoms with Crippen molar-refractivity contribution in [2.75, 3.05) is 7.11 Å². The molecule has 0 heterocycles. The number of rotatable bonds is 4. The Morgan fingerprint density at radius 3 is 2.64 bits per heavy atom. The highest BCUT2D eigenvalue weighted by atomic mass is 28.3. The predicted octanol–water partition coefficient (Wildman–Crippen LogP) is 3.38. The standard InChI is InChI=1S/C12H19OSi/c1-13-12-8-6-5-7-11(12)9-10-14(2,3)4/h5-7H,9-10H2,1-4H3. The molecule has 1 nitrogen and oxygen atoms in total. The molecule has 77 valence electrons. The monoisotopic (exact) mass is 207 g/mol.